The van der Waals surface area contributed by atoms with Gasteiger partial charge in [0.15, 0.2) is 0 Å². The topological polar surface area (TPSA) is 87.7 Å². The highest BCUT2D eigenvalue weighted by molar-refractivity contribution is 5.92. The van der Waals surface area contributed by atoms with E-state index in [1.807, 2.05) is 52.8 Å². The van der Waals surface area contributed by atoms with Crippen LogP contribution in [0.1, 0.15) is 84.0 Å². The monoisotopic (exact) mass is 461 g/mol. The van der Waals surface area contributed by atoms with Crippen molar-refractivity contribution < 1.29 is 19.1 Å². The molecule has 0 fully saturated rings. The molecule has 0 aliphatic carbocycles. The van der Waals surface area contributed by atoms with Crippen molar-refractivity contribution in [3.8, 4) is 0 Å². The highest BCUT2D eigenvalue weighted by atomic mass is 16.6. The van der Waals surface area contributed by atoms with E-state index < -0.39 is 23.8 Å². The summed E-state index contributed by atoms with van der Waals surface area (Å²) in [5.74, 6) is -0.783. The minimum Gasteiger partial charge on any atom is -0.444 e. The first kappa shape index (κ1) is 28.5. The number of hydrogen-bond acceptors (Lipinski definition) is 4. The Kier molecular flexibility index (Phi) is 10.4. The van der Waals surface area contributed by atoms with E-state index in [2.05, 4.69) is 17.6 Å². The second kappa shape index (κ2) is 12.1. The number of carbonyl (C=O) groups is 3. The molecule has 1 aromatic carbocycles. The number of nitrogens with one attached hydrogen (secondary N) is 2. The van der Waals surface area contributed by atoms with Gasteiger partial charge in [0.05, 0.1) is 0 Å². The molecule has 0 bridgehead atoms. The molecular weight excluding hydrogens is 418 g/mol. The number of hydrogen-bond donors (Lipinski definition) is 2. The van der Waals surface area contributed by atoms with Crippen LogP contribution in [0.3, 0.4) is 0 Å². The maximum atomic E-state index is 13.6. The molecule has 0 aromatic heterocycles. The SMILES string of the molecule is CCCC(C)NC(=O)C(c1cc(C)ccc1C)N(C)C(=O)C(NC(=O)OC(C)(C)C)C(C)C. The molecule has 0 saturated carbocycles. The van der Waals surface area contributed by atoms with E-state index in [0.29, 0.717) is 0 Å². The summed E-state index contributed by atoms with van der Waals surface area (Å²) in [6.07, 6.45) is 1.13. The number of carbonyl (C=O) groups excluding carboxylic acids is 3. The lowest BCUT2D eigenvalue weighted by Gasteiger charge is -2.34. The third kappa shape index (κ3) is 8.71. The quantitative estimate of drug-likeness (QED) is 0.560. The predicted molar refractivity (Wildman–Crippen MR) is 132 cm³/mol. The van der Waals surface area contributed by atoms with Crippen molar-refractivity contribution in [2.24, 2.45) is 5.92 Å². The molecule has 3 atom stereocenters. The largest absolute Gasteiger partial charge is 0.444 e. The Bertz CT molecular complexity index is 829. The smallest absolute Gasteiger partial charge is 0.408 e. The van der Waals surface area contributed by atoms with Crippen molar-refractivity contribution >= 4 is 17.9 Å². The zero-order valence-electron chi connectivity index (χ0n) is 22.0. The number of amides is 3. The number of rotatable bonds is 9. The summed E-state index contributed by atoms with van der Waals surface area (Å²) in [7, 11) is 1.62. The van der Waals surface area contributed by atoms with Crippen molar-refractivity contribution in [2.75, 3.05) is 7.05 Å². The van der Waals surface area contributed by atoms with Crippen LogP contribution in [0, 0.1) is 19.8 Å². The number of nitrogens with zero attached hydrogens (tertiary/aromatic N) is 1. The van der Waals surface area contributed by atoms with Crippen LogP contribution in [0.15, 0.2) is 18.2 Å². The van der Waals surface area contributed by atoms with Crippen LogP contribution in [0.5, 0.6) is 0 Å². The zero-order valence-corrected chi connectivity index (χ0v) is 22.0. The molecule has 1 aromatic rings. The Hall–Kier alpha value is -2.57. The molecule has 3 unspecified atom stereocenters. The van der Waals surface area contributed by atoms with Gasteiger partial charge in [-0.05, 0) is 65.0 Å². The molecular formula is C26H43N3O4. The lowest BCUT2D eigenvalue weighted by molar-refractivity contribution is -0.141. The van der Waals surface area contributed by atoms with Gasteiger partial charge < -0.3 is 20.3 Å². The number of ether oxygens (including phenoxy) is 1. The minimum atomic E-state index is -0.835. The Morgan fingerprint density at radius 2 is 1.67 bits per heavy atom. The maximum Gasteiger partial charge on any atom is 0.408 e. The number of aryl methyl sites for hydroxylation is 2. The van der Waals surface area contributed by atoms with E-state index in [0.717, 1.165) is 29.5 Å². The van der Waals surface area contributed by atoms with Crippen molar-refractivity contribution in [3.05, 3.63) is 34.9 Å². The highest BCUT2D eigenvalue weighted by Crippen LogP contribution is 2.26. The molecule has 0 radical (unpaired) electrons. The van der Waals surface area contributed by atoms with Crippen LogP contribution in [0.25, 0.3) is 0 Å². The highest BCUT2D eigenvalue weighted by Gasteiger charge is 2.36. The van der Waals surface area contributed by atoms with Gasteiger partial charge in [0.25, 0.3) is 0 Å². The van der Waals surface area contributed by atoms with Crippen LogP contribution in [-0.2, 0) is 14.3 Å². The van der Waals surface area contributed by atoms with E-state index in [4.69, 9.17) is 4.74 Å². The van der Waals surface area contributed by atoms with Gasteiger partial charge in [-0.15, -0.1) is 0 Å². The van der Waals surface area contributed by atoms with E-state index >= 15 is 0 Å². The lowest BCUT2D eigenvalue weighted by atomic mass is 9.95. The second-order valence-corrected chi connectivity index (χ2v) is 10.3. The number of likely N-dealkylation sites (N-methyl/N-ethyl adjacent to an activating group) is 1. The van der Waals surface area contributed by atoms with Crippen molar-refractivity contribution in [1.82, 2.24) is 15.5 Å². The molecule has 2 N–H and O–H groups in total. The summed E-state index contributed by atoms with van der Waals surface area (Å²) >= 11 is 0. The van der Waals surface area contributed by atoms with Gasteiger partial charge in [-0.25, -0.2) is 4.79 Å². The van der Waals surface area contributed by atoms with Crippen LogP contribution in [-0.4, -0.2) is 47.5 Å². The normalized spacial score (nSPS) is 14.3. The second-order valence-electron chi connectivity index (χ2n) is 10.3. The van der Waals surface area contributed by atoms with Gasteiger partial charge in [-0.3, -0.25) is 9.59 Å². The van der Waals surface area contributed by atoms with Crippen LogP contribution >= 0.6 is 0 Å². The van der Waals surface area contributed by atoms with Crippen LogP contribution in [0.2, 0.25) is 0 Å². The van der Waals surface area contributed by atoms with Gasteiger partial charge >= 0.3 is 6.09 Å². The van der Waals surface area contributed by atoms with E-state index in [9.17, 15) is 14.4 Å². The average molecular weight is 462 g/mol. The molecule has 7 heteroatoms. The van der Waals surface area contributed by atoms with E-state index in [-0.39, 0.29) is 23.8 Å². The van der Waals surface area contributed by atoms with Gasteiger partial charge in [-0.2, -0.15) is 0 Å². The first-order chi connectivity index (χ1) is 15.2. The standard InChI is InChI=1S/C26H43N3O4/c1-11-12-19(6)27-23(30)22(20-15-17(4)13-14-18(20)5)29(10)24(31)21(16(2)3)28-25(32)33-26(7,8)9/h13-16,19,21-22H,11-12H2,1-10H3,(H,27,30)(H,28,32). The summed E-state index contributed by atoms with van der Waals surface area (Å²) in [5, 5.41) is 5.76. The zero-order chi connectivity index (χ0) is 25.5. The average Bonchev–Trinajstić information content (AvgIpc) is 2.66. The Morgan fingerprint density at radius 1 is 1.06 bits per heavy atom. The number of benzene rings is 1. The maximum absolute atomic E-state index is 13.6. The molecule has 7 nitrogen and oxygen atoms in total. The van der Waals surface area contributed by atoms with Crippen LogP contribution < -0.4 is 10.6 Å². The van der Waals surface area contributed by atoms with Crippen molar-refractivity contribution in [3.63, 3.8) is 0 Å². The fourth-order valence-corrected chi connectivity index (χ4v) is 3.70. The summed E-state index contributed by atoms with van der Waals surface area (Å²) in [6, 6.07) is 4.21. The Labute approximate surface area is 199 Å². The summed E-state index contributed by atoms with van der Waals surface area (Å²) in [5.41, 5.74) is 2.01. The molecule has 1 rings (SSSR count). The molecule has 186 valence electrons. The molecule has 0 saturated heterocycles. The van der Waals surface area contributed by atoms with Gasteiger partial charge in [0.1, 0.15) is 17.7 Å². The van der Waals surface area contributed by atoms with Gasteiger partial charge in [0, 0.05) is 13.1 Å². The summed E-state index contributed by atoms with van der Waals surface area (Å²) in [4.78, 5) is 40.9. The third-order valence-corrected chi connectivity index (χ3v) is 5.43. The molecule has 0 aliphatic rings. The molecule has 0 heterocycles. The van der Waals surface area contributed by atoms with Crippen molar-refractivity contribution in [1.29, 1.82) is 0 Å². The Morgan fingerprint density at radius 3 is 2.18 bits per heavy atom. The number of alkyl carbamates (subject to hydrolysis) is 1. The molecule has 0 spiro atoms. The Balaban J connectivity index is 3.32. The fourth-order valence-electron chi connectivity index (χ4n) is 3.70. The fraction of sp³-hybridized carbons (Fsp3) is 0.654. The lowest BCUT2D eigenvalue weighted by Crippen LogP contribution is -2.54. The first-order valence-corrected chi connectivity index (χ1v) is 11.8. The van der Waals surface area contributed by atoms with E-state index in [1.54, 1.807) is 27.8 Å². The van der Waals surface area contributed by atoms with Gasteiger partial charge in [0.2, 0.25) is 11.8 Å². The van der Waals surface area contributed by atoms with E-state index in [1.165, 1.54) is 4.90 Å². The van der Waals surface area contributed by atoms with Crippen LogP contribution in [0.4, 0.5) is 4.79 Å². The summed E-state index contributed by atoms with van der Waals surface area (Å²) in [6.45, 7) is 16.9. The molecule has 33 heavy (non-hydrogen) atoms. The van der Waals surface area contributed by atoms with Gasteiger partial charge in [-0.1, -0.05) is 51.0 Å². The molecule has 0 aliphatic heterocycles. The molecule has 3 amide bonds. The van der Waals surface area contributed by atoms with Crippen molar-refractivity contribution in [2.45, 2.75) is 98.9 Å². The first-order valence-electron chi connectivity index (χ1n) is 11.8. The third-order valence-electron chi connectivity index (χ3n) is 5.43. The minimum absolute atomic E-state index is 0.0144. The predicted octanol–water partition coefficient (Wildman–Crippen LogP) is 4.66. The summed E-state index contributed by atoms with van der Waals surface area (Å²) < 4.78 is 5.36.